The molecule has 0 amide bonds. The van der Waals surface area contributed by atoms with E-state index in [0.717, 1.165) is 0 Å². The van der Waals surface area contributed by atoms with Crippen molar-refractivity contribution in [1.82, 2.24) is 5.32 Å². The Morgan fingerprint density at radius 3 is 1.64 bits per heavy atom. The standard InChI is InChI=1S/C4H9NS.C4H4O4/c1-3-6-4-2-5-1;5-3(6)1-2-4(7)8/h5H,1-4H2;1-2H,(H,5,6)(H,7,8)/b;2-1-. The number of rotatable bonds is 2. The van der Waals surface area contributed by atoms with E-state index in [2.05, 4.69) is 5.32 Å². The Balaban J connectivity index is 0.000000249. The minimum Gasteiger partial charge on any atom is -0.478 e. The maximum Gasteiger partial charge on any atom is 0.328 e. The van der Waals surface area contributed by atoms with Gasteiger partial charge in [-0.1, -0.05) is 0 Å². The highest BCUT2D eigenvalue weighted by Gasteiger charge is 1.93. The molecule has 1 fully saturated rings. The van der Waals surface area contributed by atoms with Crippen LogP contribution in [0, 0.1) is 0 Å². The van der Waals surface area contributed by atoms with Crippen molar-refractivity contribution in [3.63, 3.8) is 0 Å². The first-order chi connectivity index (χ1) is 6.63. The fourth-order valence-corrected chi connectivity index (χ4v) is 1.44. The summed E-state index contributed by atoms with van der Waals surface area (Å²) >= 11 is 2.03. The van der Waals surface area contributed by atoms with Gasteiger partial charge in [-0.05, 0) is 0 Å². The summed E-state index contributed by atoms with van der Waals surface area (Å²) in [6, 6.07) is 0. The zero-order valence-electron chi connectivity index (χ0n) is 7.60. The summed E-state index contributed by atoms with van der Waals surface area (Å²) in [6.45, 7) is 2.43. The van der Waals surface area contributed by atoms with Gasteiger partial charge in [0.1, 0.15) is 0 Å². The average molecular weight is 219 g/mol. The number of thioether (sulfide) groups is 1. The van der Waals surface area contributed by atoms with Crippen LogP contribution in [0.5, 0.6) is 0 Å². The summed E-state index contributed by atoms with van der Waals surface area (Å²) < 4.78 is 0. The van der Waals surface area contributed by atoms with Crippen LogP contribution >= 0.6 is 11.8 Å². The Kier molecular flexibility index (Phi) is 7.96. The van der Waals surface area contributed by atoms with Crippen LogP contribution in [-0.4, -0.2) is 46.7 Å². The predicted molar refractivity (Wildman–Crippen MR) is 54.6 cm³/mol. The lowest BCUT2D eigenvalue weighted by atomic mass is 10.5. The molecule has 5 nitrogen and oxygen atoms in total. The molecule has 0 aromatic carbocycles. The fourth-order valence-electron chi connectivity index (χ4n) is 0.658. The molecule has 0 saturated carbocycles. The Morgan fingerprint density at radius 1 is 1.07 bits per heavy atom. The maximum absolute atomic E-state index is 9.55. The fraction of sp³-hybridized carbons (Fsp3) is 0.500. The first kappa shape index (κ1) is 13.0. The van der Waals surface area contributed by atoms with Crippen molar-refractivity contribution in [2.45, 2.75) is 0 Å². The molecule has 14 heavy (non-hydrogen) atoms. The van der Waals surface area contributed by atoms with Gasteiger partial charge in [-0.15, -0.1) is 0 Å². The third-order valence-electron chi connectivity index (χ3n) is 1.21. The molecule has 0 spiro atoms. The summed E-state index contributed by atoms with van der Waals surface area (Å²) in [4.78, 5) is 19.1. The third kappa shape index (κ3) is 11.0. The molecule has 0 radical (unpaired) electrons. The number of hydrogen-bond donors (Lipinski definition) is 3. The van der Waals surface area contributed by atoms with Gasteiger partial charge in [0.15, 0.2) is 0 Å². The van der Waals surface area contributed by atoms with Crippen molar-refractivity contribution in [2.24, 2.45) is 0 Å². The first-order valence-corrected chi connectivity index (χ1v) is 5.21. The molecule has 6 heteroatoms. The summed E-state index contributed by atoms with van der Waals surface area (Å²) in [7, 11) is 0. The van der Waals surface area contributed by atoms with Crippen molar-refractivity contribution >= 4 is 23.7 Å². The molecule has 0 bridgehead atoms. The van der Waals surface area contributed by atoms with Crippen molar-refractivity contribution in [3.8, 4) is 0 Å². The number of carboxylic acid groups (broad SMARTS) is 2. The monoisotopic (exact) mass is 219 g/mol. The molecule has 0 unspecified atom stereocenters. The van der Waals surface area contributed by atoms with Crippen LogP contribution in [0.15, 0.2) is 12.2 Å². The highest BCUT2D eigenvalue weighted by molar-refractivity contribution is 7.99. The van der Waals surface area contributed by atoms with E-state index < -0.39 is 11.9 Å². The van der Waals surface area contributed by atoms with Crippen LogP contribution in [0.25, 0.3) is 0 Å². The molecule has 1 rings (SSSR count). The molecule has 1 heterocycles. The van der Waals surface area contributed by atoms with Gasteiger partial charge in [-0.3, -0.25) is 0 Å². The van der Waals surface area contributed by atoms with E-state index in [1.807, 2.05) is 11.8 Å². The van der Waals surface area contributed by atoms with Gasteiger partial charge in [-0.2, -0.15) is 11.8 Å². The molecule has 0 aromatic heterocycles. The first-order valence-electron chi connectivity index (χ1n) is 4.05. The van der Waals surface area contributed by atoms with Gasteiger partial charge < -0.3 is 15.5 Å². The highest BCUT2D eigenvalue weighted by atomic mass is 32.2. The molecule has 0 aromatic rings. The zero-order valence-corrected chi connectivity index (χ0v) is 8.42. The van der Waals surface area contributed by atoms with E-state index in [1.54, 1.807) is 0 Å². The van der Waals surface area contributed by atoms with Crippen molar-refractivity contribution in [1.29, 1.82) is 0 Å². The molecule has 0 atom stereocenters. The van der Waals surface area contributed by atoms with Crippen LogP contribution in [-0.2, 0) is 9.59 Å². The molecule has 1 saturated heterocycles. The third-order valence-corrected chi connectivity index (χ3v) is 2.20. The lowest BCUT2D eigenvalue weighted by Gasteiger charge is -2.08. The molecular weight excluding hydrogens is 206 g/mol. The van der Waals surface area contributed by atoms with E-state index in [4.69, 9.17) is 10.2 Å². The lowest BCUT2D eigenvalue weighted by molar-refractivity contribution is -0.134. The van der Waals surface area contributed by atoms with E-state index in [9.17, 15) is 9.59 Å². The van der Waals surface area contributed by atoms with Gasteiger partial charge in [0.25, 0.3) is 0 Å². The minimum atomic E-state index is -1.26. The van der Waals surface area contributed by atoms with Gasteiger partial charge in [0.2, 0.25) is 0 Å². The number of nitrogens with one attached hydrogen (secondary N) is 1. The normalized spacial score (nSPS) is 15.7. The Hall–Kier alpha value is -1.01. The zero-order chi connectivity index (χ0) is 10.8. The van der Waals surface area contributed by atoms with Gasteiger partial charge in [0.05, 0.1) is 0 Å². The second-order valence-electron chi connectivity index (χ2n) is 2.37. The Labute approximate surface area is 86.2 Å². The van der Waals surface area contributed by atoms with Crippen molar-refractivity contribution < 1.29 is 19.8 Å². The van der Waals surface area contributed by atoms with E-state index in [-0.39, 0.29) is 0 Å². The van der Waals surface area contributed by atoms with Gasteiger partial charge in [0, 0.05) is 36.7 Å². The molecular formula is C8H13NO4S. The summed E-state index contributed by atoms with van der Waals surface area (Å²) in [5.74, 6) is 0.0970. The highest BCUT2D eigenvalue weighted by Crippen LogP contribution is 1.99. The molecule has 1 aliphatic heterocycles. The lowest BCUT2D eigenvalue weighted by Crippen LogP contribution is -2.24. The molecule has 3 N–H and O–H groups in total. The smallest absolute Gasteiger partial charge is 0.328 e. The Bertz CT molecular complexity index is 186. The second kappa shape index (κ2) is 8.58. The van der Waals surface area contributed by atoms with Crippen molar-refractivity contribution in [3.05, 3.63) is 12.2 Å². The van der Waals surface area contributed by atoms with Crippen LogP contribution in [0.2, 0.25) is 0 Å². The molecule has 1 aliphatic rings. The number of hydrogen-bond acceptors (Lipinski definition) is 4. The van der Waals surface area contributed by atoms with Crippen LogP contribution in [0.4, 0.5) is 0 Å². The molecule has 80 valence electrons. The van der Waals surface area contributed by atoms with Gasteiger partial charge in [-0.25, -0.2) is 9.59 Å². The van der Waals surface area contributed by atoms with Crippen molar-refractivity contribution in [2.75, 3.05) is 24.6 Å². The Morgan fingerprint density at radius 2 is 1.50 bits per heavy atom. The minimum absolute atomic E-state index is 0.558. The van der Waals surface area contributed by atoms with E-state index in [1.165, 1.54) is 24.6 Å². The summed E-state index contributed by atoms with van der Waals surface area (Å²) in [5, 5.41) is 18.9. The number of carboxylic acids is 2. The van der Waals surface area contributed by atoms with Crippen LogP contribution in [0.1, 0.15) is 0 Å². The summed E-state index contributed by atoms with van der Waals surface area (Å²) in [6.07, 6.45) is 1.12. The van der Waals surface area contributed by atoms with E-state index in [0.29, 0.717) is 12.2 Å². The topological polar surface area (TPSA) is 86.6 Å². The maximum atomic E-state index is 9.55. The van der Waals surface area contributed by atoms with Crippen LogP contribution < -0.4 is 5.32 Å². The predicted octanol–water partition coefficient (Wildman–Crippen LogP) is 0.0346. The number of carbonyl (C=O) groups is 2. The molecule has 0 aliphatic carbocycles. The average Bonchev–Trinajstić information content (AvgIpc) is 2.18. The quantitative estimate of drug-likeness (QED) is 0.568. The largest absolute Gasteiger partial charge is 0.478 e. The second-order valence-corrected chi connectivity index (χ2v) is 3.60. The summed E-state index contributed by atoms with van der Waals surface area (Å²) in [5.41, 5.74) is 0. The SMILES string of the molecule is C1CSCCN1.O=C(O)/C=C\C(=O)O. The number of aliphatic carboxylic acids is 2. The van der Waals surface area contributed by atoms with Crippen LogP contribution in [0.3, 0.4) is 0 Å². The van der Waals surface area contributed by atoms with Gasteiger partial charge >= 0.3 is 11.9 Å². The van der Waals surface area contributed by atoms with E-state index >= 15 is 0 Å².